The predicted molar refractivity (Wildman–Crippen MR) is 117 cm³/mol. The fraction of sp³-hybridized carbons (Fsp3) is 0.364. The van der Waals surface area contributed by atoms with Gasteiger partial charge in [0.2, 0.25) is 5.75 Å². The number of nitrogens with one attached hydrogen (secondary N) is 1. The molecule has 0 saturated heterocycles. The van der Waals surface area contributed by atoms with Crippen LogP contribution in [0.15, 0.2) is 37.0 Å². The molecule has 2 heterocycles. The first kappa shape index (κ1) is 19.7. The van der Waals surface area contributed by atoms with Crippen LogP contribution in [0.3, 0.4) is 0 Å². The molecule has 3 rings (SSSR count). The Hall–Kier alpha value is -3.02. The Morgan fingerprint density at radius 2 is 1.96 bits per heavy atom. The summed E-state index contributed by atoms with van der Waals surface area (Å²) in [7, 11) is 1.68. The molecular weight excluding hydrogens is 350 g/mol. The van der Waals surface area contributed by atoms with Gasteiger partial charge in [0.05, 0.1) is 13.3 Å². The van der Waals surface area contributed by atoms with E-state index in [0.29, 0.717) is 11.6 Å². The second kappa shape index (κ2) is 8.78. The first-order valence-corrected chi connectivity index (χ1v) is 9.79. The van der Waals surface area contributed by atoms with Crippen LogP contribution in [0.25, 0.3) is 11.7 Å². The lowest BCUT2D eigenvalue weighted by molar-refractivity contribution is 0.411. The normalized spacial score (nSPS) is 10.9. The van der Waals surface area contributed by atoms with E-state index in [1.165, 1.54) is 5.56 Å². The molecule has 1 N–H and O–H groups in total. The molecule has 0 bridgehead atoms. The average molecular weight is 380 g/mol. The minimum atomic E-state index is 0.676. The van der Waals surface area contributed by atoms with Crippen molar-refractivity contribution in [3.05, 3.63) is 48.2 Å². The van der Waals surface area contributed by atoms with Gasteiger partial charge >= 0.3 is 0 Å². The Kier molecular flexibility index (Phi) is 6.19. The highest BCUT2D eigenvalue weighted by molar-refractivity contribution is 5.77. The highest BCUT2D eigenvalue weighted by Gasteiger charge is 2.22. The maximum absolute atomic E-state index is 5.84. The quantitative estimate of drug-likeness (QED) is 0.563. The zero-order valence-corrected chi connectivity index (χ0v) is 17.2. The third kappa shape index (κ3) is 3.81. The van der Waals surface area contributed by atoms with Crippen molar-refractivity contribution in [2.75, 3.05) is 30.4 Å². The number of anilines is 3. The van der Waals surface area contributed by atoms with E-state index in [4.69, 9.17) is 9.72 Å². The number of hydrogen-bond donors (Lipinski definition) is 1. The van der Waals surface area contributed by atoms with Crippen LogP contribution in [0.1, 0.15) is 37.8 Å². The lowest BCUT2D eigenvalue weighted by Gasteiger charge is -2.27. The molecule has 0 aliphatic rings. The molecule has 1 aromatic carbocycles. The maximum Gasteiger partial charge on any atom is 0.204 e. The molecule has 0 aliphatic heterocycles. The molecule has 28 heavy (non-hydrogen) atoms. The van der Waals surface area contributed by atoms with Gasteiger partial charge in [-0.2, -0.15) is 9.61 Å². The van der Waals surface area contributed by atoms with Crippen molar-refractivity contribution in [3.63, 3.8) is 0 Å². The van der Waals surface area contributed by atoms with Crippen molar-refractivity contribution in [1.29, 1.82) is 0 Å². The molecule has 3 aromatic rings. The number of benzene rings is 1. The van der Waals surface area contributed by atoms with E-state index in [0.717, 1.165) is 48.6 Å². The van der Waals surface area contributed by atoms with E-state index < -0.39 is 0 Å². The van der Waals surface area contributed by atoms with E-state index in [1.807, 2.05) is 22.7 Å². The second-order valence-electron chi connectivity index (χ2n) is 6.83. The van der Waals surface area contributed by atoms with E-state index in [9.17, 15) is 0 Å². The van der Waals surface area contributed by atoms with E-state index in [1.54, 1.807) is 13.3 Å². The summed E-state index contributed by atoms with van der Waals surface area (Å²) < 4.78 is 7.70. The molecule has 0 atom stereocenters. The van der Waals surface area contributed by atoms with Crippen LogP contribution >= 0.6 is 0 Å². The van der Waals surface area contributed by atoms with Gasteiger partial charge in [-0.15, -0.1) is 0 Å². The SMILES string of the molecule is C=Cc1cc(C)ccc1Nc1nc2ccnn2c(N(CCC)CCC)c1OC. The average Bonchev–Trinajstić information content (AvgIpc) is 3.16. The second-order valence-corrected chi connectivity index (χ2v) is 6.83. The highest BCUT2D eigenvalue weighted by atomic mass is 16.5. The fourth-order valence-electron chi connectivity index (χ4n) is 3.42. The van der Waals surface area contributed by atoms with Crippen molar-refractivity contribution in [2.45, 2.75) is 33.6 Å². The smallest absolute Gasteiger partial charge is 0.204 e. The van der Waals surface area contributed by atoms with Crippen LogP contribution in [-0.4, -0.2) is 34.8 Å². The first-order valence-electron chi connectivity index (χ1n) is 9.79. The first-order chi connectivity index (χ1) is 13.6. The Bertz CT molecular complexity index is 957. The van der Waals surface area contributed by atoms with Gasteiger partial charge in [0.15, 0.2) is 17.3 Å². The molecule has 6 nitrogen and oxygen atoms in total. The monoisotopic (exact) mass is 379 g/mol. The van der Waals surface area contributed by atoms with Gasteiger partial charge in [0, 0.05) is 24.8 Å². The minimum Gasteiger partial charge on any atom is -0.490 e. The summed E-state index contributed by atoms with van der Waals surface area (Å²) in [4.78, 5) is 7.08. The van der Waals surface area contributed by atoms with Crippen LogP contribution in [0, 0.1) is 6.92 Å². The largest absolute Gasteiger partial charge is 0.490 e. The van der Waals surface area contributed by atoms with Gasteiger partial charge in [-0.05, 0) is 37.5 Å². The number of fused-ring (bicyclic) bond motifs is 1. The van der Waals surface area contributed by atoms with Gasteiger partial charge < -0.3 is 15.0 Å². The van der Waals surface area contributed by atoms with Crippen LogP contribution in [0.5, 0.6) is 5.75 Å². The van der Waals surface area contributed by atoms with Crippen LogP contribution in [-0.2, 0) is 0 Å². The van der Waals surface area contributed by atoms with Gasteiger partial charge in [-0.1, -0.05) is 38.1 Å². The summed E-state index contributed by atoms with van der Waals surface area (Å²) in [6.07, 6.45) is 5.69. The lowest BCUT2D eigenvalue weighted by Crippen LogP contribution is -2.28. The zero-order valence-electron chi connectivity index (χ0n) is 17.2. The van der Waals surface area contributed by atoms with E-state index in [2.05, 4.69) is 54.8 Å². The zero-order chi connectivity index (χ0) is 20.1. The highest BCUT2D eigenvalue weighted by Crippen LogP contribution is 2.37. The molecule has 6 heteroatoms. The van der Waals surface area contributed by atoms with Crippen LogP contribution in [0.2, 0.25) is 0 Å². The number of aromatic nitrogens is 3. The Morgan fingerprint density at radius 1 is 1.21 bits per heavy atom. The number of ether oxygens (including phenoxy) is 1. The third-order valence-corrected chi connectivity index (χ3v) is 4.64. The molecule has 0 spiro atoms. The van der Waals surface area contributed by atoms with Crippen molar-refractivity contribution >= 4 is 29.0 Å². The standard InChI is InChI=1S/C22H29N5O/c1-6-13-26(14-7-2)22-20(28-5)21(25-19-11-12-23-27(19)22)24-18-10-9-16(4)15-17(18)8-3/h8-12,15H,3,6-7,13-14H2,1-2,4-5H3,(H,24,25). The Balaban J connectivity index is 2.16. The number of methoxy groups -OCH3 is 1. The van der Waals surface area contributed by atoms with Crippen LogP contribution < -0.4 is 15.0 Å². The number of aryl methyl sites for hydroxylation is 1. The topological polar surface area (TPSA) is 54.7 Å². The maximum atomic E-state index is 5.84. The Morgan fingerprint density at radius 3 is 2.61 bits per heavy atom. The van der Waals surface area contributed by atoms with E-state index in [-0.39, 0.29) is 0 Å². The van der Waals surface area contributed by atoms with Gasteiger partial charge in [-0.3, -0.25) is 0 Å². The molecule has 0 saturated carbocycles. The molecule has 0 unspecified atom stereocenters. The Labute approximate surface area is 166 Å². The minimum absolute atomic E-state index is 0.676. The third-order valence-electron chi connectivity index (χ3n) is 4.64. The fourth-order valence-corrected chi connectivity index (χ4v) is 3.42. The van der Waals surface area contributed by atoms with Crippen molar-refractivity contribution in [3.8, 4) is 5.75 Å². The van der Waals surface area contributed by atoms with E-state index >= 15 is 0 Å². The van der Waals surface area contributed by atoms with Gasteiger partial charge in [0.1, 0.15) is 0 Å². The number of rotatable bonds is 9. The number of hydrogen-bond acceptors (Lipinski definition) is 5. The summed E-state index contributed by atoms with van der Waals surface area (Å²) in [5, 5.41) is 7.95. The number of nitrogens with zero attached hydrogens (tertiary/aromatic N) is 4. The predicted octanol–water partition coefficient (Wildman–Crippen LogP) is 5.06. The summed E-state index contributed by atoms with van der Waals surface area (Å²) >= 11 is 0. The molecule has 0 aliphatic carbocycles. The van der Waals surface area contributed by atoms with Gasteiger partial charge in [0.25, 0.3) is 0 Å². The molecule has 2 aromatic heterocycles. The van der Waals surface area contributed by atoms with Crippen molar-refractivity contribution in [2.24, 2.45) is 0 Å². The summed E-state index contributed by atoms with van der Waals surface area (Å²) in [5.74, 6) is 2.29. The van der Waals surface area contributed by atoms with Crippen molar-refractivity contribution in [1.82, 2.24) is 14.6 Å². The van der Waals surface area contributed by atoms with Crippen LogP contribution in [0.4, 0.5) is 17.3 Å². The molecular formula is C22H29N5O. The summed E-state index contributed by atoms with van der Waals surface area (Å²) in [5.41, 5.74) is 3.93. The van der Waals surface area contributed by atoms with Gasteiger partial charge in [-0.25, -0.2) is 4.98 Å². The molecule has 0 radical (unpaired) electrons. The lowest BCUT2D eigenvalue weighted by atomic mass is 10.1. The summed E-state index contributed by atoms with van der Waals surface area (Å²) in [6.45, 7) is 12.2. The van der Waals surface area contributed by atoms with Crippen molar-refractivity contribution < 1.29 is 4.74 Å². The molecule has 0 amide bonds. The summed E-state index contributed by atoms with van der Waals surface area (Å²) in [6, 6.07) is 8.12. The molecule has 0 fully saturated rings. The molecule has 148 valence electrons.